The molecule has 5 heteroatoms. The van der Waals surface area contributed by atoms with Crippen LogP contribution in [0.2, 0.25) is 0 Å². The zero-order chi connectivity index (χ0) is 14.3. The lowest BCUT2D eigenvalue weighted by atomic mass is 10.1. The van der Waals surface area contributed by atoms with Gasteiger partial charge in [-0.05, 0) is 42.4 Å². The molecule has 0 radical (unpaired) electrons. The molecule has 1 aliphatic carbocycles. The number of nitrogens with two attached hydrogens (primary N) is 1. The van der Waals surface area contributed by atoms with Crippen molar-refractivity contribution in [1.82, 2.24) is 4.72 Å². The number of sulfonamides is 1. The Morgan fingerprint density at radius 2 is 1.89 bits per heavy atom. The van der Waals surface area contributed by atoms with Crippen LogP contribution in [0.5, 0.6) is 0 Å². The first kappa shape index (κ1) is 14.5. The Labute approximate surface area is 115 Å². The van der Waals surface area contributed by atoms with Gasteiger partial charge >= 0.3 is 0 Å². The molecule has 0 amide bonds. The van der Waals surface area contributed by atoms with Crippen LogP contribution >= 0.6 is 0 Å². The van der Waals surface area contributed by atoms with Crippen LogP contribution in [0.4, 0.5) is 0 Å². The van der Waals surface area contributed by atoms with E-state index >= 15 is 0 Å². The molecule has 0 heterocycles. The van der Waals surface area contributed by atoms with Crippen LogP contribution in [0.15, 0.2) is 29.2 Å². The molecule has 2 unspecified atom stereocenters. The first-order chi connectivity index (χ1) is 8.72. The predicted molar refractivity (Wildman–Crippen MR) is 76.1 cm³/mol. The third-order valence-electron chi connectivity index (χ3n) is 3.95. The minimum Gasteiger partial charge on any atom is -0.324 e. The number of rotatable bonds is 5. The van der Waals surface area contributed by atoms with Crippen molar-refractivity contribution in [1.29, 1.82) is 0 Å². The maximum absolute atomic E-state index is 12.1. The summed E-state index contributed by atoms with van der Waals surface area (Å²) in [7, 11) is -3.40. The molecule has 4 nitrogen and oxygen atoms in total. The molecule has 2 rings (SSSR count). The molecule has 19 heavy (non-hydrogen) atoms. The SMILES string of the molecule is CC(N)c1ccc(S(=O)(=O)NCC2CC2(C)C)cc1. The van der Waals surface area contributed by atoms with Crippen molar-refractivity contribution < 1.29 is 8.42 Å². The lowest BCUT2D eigenvalue weighted by Gasteiger charge is -2.10. The minimum absolute atomic E-state index is 0.0861. The number of benzene rings is 1. The molecule has 0 spiro atoms. The molecule has 2 atom stereocenters. The van der Waals surface area contributed by atoms with Gasteiger partial charge in [-0.1, -0.05) is 26.0 Å². The fourth-order valence-electron chi connectivity index (χ4n) is 2.17. The monoisotopic (exact) mass is 282 g/mol. The predicted octanol–water partition coefficient (Wildman–Crippen LogP) is 2.03. The fourth-order valence-corrected chi connectivity index (χ4v) is 3.25. The largest absolute Gasteiger partial charge is 0.324 e. The van der Waals surface area contributed by atoms with E-state index in [1.54, 1.807) is 24.3 Å². The van der Waals surface area contributed by atoms with Crippen LogP contribution in [-0.4, -0.2) is 15.0 Å². The third-order valence-corrected chi connectivity index (χ3v) is 5.39. The van der Waals surface area contributed by atoms with Gasteiger partial charge in [0.05, 0.1) is 4.90 Å². The summed E-state index contributed by atoms with van der Waals surface area (Å²) in [4.78, 5) is 0.301. The van der Waals surface area contributed by atoms with Crippen molar-refractivity contribution in [2.24, 2.45) is 17.1 Å². The summed E-state index contributed by atoms with van der Waals surface area (Å²) in [6, 6.07) is 6.66. The molecule has 0 aromatic heterocycles. The average molecular weight is 282 g/mol. The van der Waals surface area contributed by atoms with Gasteiger partial charge in [-0.3, -0.25) is 0 Å². The first-order valence-corrected chi connectivity index (χ1v) is 8.06. The second kappa shape index (κ2) is 4.89. The van der Waals surface area contributed by atoms with Gasteiger partial charge in [0.2, 0.25) is 10.0 Å². The van der Waals surface area contributed by atoms with Gasteiger partial charge in [0, 0.05) is 12.6 Å². The topological polar surface area (TPSA) is 72.2 Å². The van der Waals surface area contributed by atoms with Crippen molar-refractivity contribution in [2.75, 3.05) is 6.54 Å². The molecule has 0 aliphatic heterocycles. The minimum atomic E-state index is -3.40. The van der Waals surface area contributed by atoms with E-state index in [0.29, 0.717) is 17.4 Å². The highest BCUT2D eigenvalue weighted by molar-refractivity contribution is 7.89. The Morgan fingerprint density at radius 1 is 1.37 bits per heavy atom. The molecule has 3 N–H and O–H groups in total. The molecule has 1 aliphatic rings. The Bertz CT molecular complexity index is 547. The molecular weight excluding hydrogens is 260 g/mol. The normalized spacial score (nSPS) is 23.1. The highest BCUT2D eigenvalue weighted by Gasteiger charge is 2.45. The summed E-state index contributed by atoms with van der Waals surface area (Å²) in [6.07, 6.45) is 1.08. The lowest BCUT2D eigenvalue weighted by Crippen LogP contribution is -2.26. The summed E-state index contributed by atoms with van der Waals surface area (Å²) >= 11 is 0. The second-order valence-corrected chi connectivity index (χ2v) is 7.87. The molecule has 1 aromatic carbocycles. The van der Waals surface area contributed by atoms with E-state index in [9.17, 15) is 8.42 Å². The third kappa shape index (κ3) is 3.35. The van der Waals surface area contributed by atoms with Gasteiger partial charge in [0.25, 0.3) is 0 Å². The lowest BCUT2D eigenvalue weighted by molar-refractivity contribution is 0.537. The van der Waals surface area contributed by atoms with Crippen LogP contribution in [0.25, 0.3) is 0 Å². The smallest absolute Gasteiger partial charge is 0.240 e. The quantitative estimate of drug-likeness (QED) is 0.868. The zero-order valence-electron chi connectivity index (χ0n) is 11.7. The molecular formula is C14H22N2O2S. The van der Waals surface area contributed by atoms with E-state index in [1.807, 2.05) is 6.92 Å². The van der Waals surface area contributed by atoms with Crippen LogP contribution in [0.1, 0.15) is 38.8 Å². The van der Waals surface area contributed by atoms with Gasteiger partial charge in [0.1, 0.15) is 0 Å². The van der Waals surface area contributed by atoms with Crippen molar-refractivity contribution in [2.45, 2.75) is 38.1 Å². The van der Waals surface area contributed by atoms with Gasteiger partial charge in [-0.15, -0.1) is 0 Å². The van der Waals surface area contributed by atoms with E-state index in [0.717, 1.165) is 12.0 Å². The number of hydrogen-bond donors (Lipinski definition) is 2. The average Bonchev–Trinajstić information content (AvgIpc) is 2.95. The molecule has 1 aromatic rings. The zero-order valence-corrected chi connectivity index (χ0v) is 12.5. The van der Waals surface area contributed by atoms with E-state index in [-0.39, 0.29) is 11.5 Å². The molecule has 106 valence electrons. The van der Waals surface area contributed by atoms with E-state index in [1.165, 1.54) is 0 Å². The van der Waals surface area contributed by atoms with Gasteiger partial charge < -0.3 is 5.73 Å². The summed E-state index contributed by atoms with van der Waals surface area (Å²) in [6.45, 7) is 6.70. The highest BCUT2D eigenvalue weighted by Crippen LogP contribution is 2.51. The van der Waals surface area contributed by atoms with Gasteiger partial charge in [-0.2, -0.15) is 0 Å². The summed E-state index contributed by atoms with van der Waals surface area (Å²) in [5.41, 5.74) is 6.96. The molecule has 1 saturated carbocycles. The number of hydrogen-bond acceptors (Lipinski definition) is 3. The standard InChI is InChI=1S/C14H22N2O2S/c1-10(15)11-4-6-13(7-5-11)19(17,18)16-9-12-8-14(12,2)3/h4-7,10,12,16H,8-9,15H2,1-3H3. The fraction of sp³-hybridized carbons (Fsp3) is 0.571. The van der Waals surface area contributed by atoms with Crippen molar-refractivity contribution >= 4 is 10.0 Å². The van der Waals surface area contributed by atoms with Crippen LogP contribution < -0.4 is 10.5 Å². The molecule has 1 fully saturated rings. The first-order valence-electron chi connectivity index (χ1n) is 6.57. The van der Waals surface area contributed by atoms with Crippen molar-refractivity contribution in [3.05, 3.63) is 29.8 Å². The maximum Gasteiger partial charge on any atom is 0.240 e. The van der Waals surface area contributed by atoms with Crippen molar-refractivity contribution in [3.63, 3.8) is 0 Å². The Morgan fingerprint density at radius 3 is 2.32 bits per heavy atom. The van der Waals surface area contributed by atoms with Crippen LogP contribution in [0.3, 0.4) is 0 Å². The molecule has 0 bridgehead atoms. The van der Waals surface area contributed by atoms with E-state index in [2.05, 4.69) is 18.6 Å². The van der Waals surface area contributed by atoms with Crippen LogP contribution in [0, 0.1) is 11.3 Å². The summed E-state index contributed by atoms with van der Waals surface area (Å²) in [5, 5.41) is 0. The highest BCUT2D eigenvalue weighted by atomic mass is 32.2. The van der Waals surface area contributed by atoms with Gasteiger partial charge in [-0.25, -0.2) is 13.1 Å². The summed E-state index contributed by atoms with van der Waals surface area (Å²) < 4.78 is 26.9. The Hall–Kier alpha value is -0.910. The Balaban J connectivity index is 2.03. The van der Waals surface area contributed by atoms with Crippen molar-refractivity contribution in [3.8, 4) is 0 Å². The maximum atomic E-state index is 12.1. The molecule has 0 saturated heterocycles. The second-order valence-electron chi connectivity index (χ2n) is 6.10. The van der Waals surface area contributed by atoms with Crippen LogP contribution in [-0.2, 0) is 10.0 Å². The van der Waals surface area contributed by atoms with E-state index in [4.69, 9.17) is 5.73 Å². The van der Waals surface area contributed by atoms with Gasteiger partial charge in [0.15, 0.2) is 0 Å². The van der Waals surface area contributed by atoms with E-state index < -0.39 is 10.0 Å². The number of nitrogens with one attached hydrogen (secondary N) is 1. The summed E-state index contributed by atoms with van der Waals surface area (Å²) in [5.74, 6) is 0.450. The Kier molecular flexibility index (Phi) is 3.73.